The molecular weight excluding hydrogens is 280 g/mol. The van der Waals surface area contributed by atoms with E-state index in [1.165, 1.54) is 39.9 Å². The summed E-state index contributed by atoms with van der Waals surface area (Å²) in [5.41, 5.74) is 8.09. The second kappa shape index (κ2) is 5.69. The Morgan fingerprint density at radius 1 is 1.09 bits per heavy atom. The van der Waals surface area contributed by atoms with E-state index in [1.807, 2.05) is 18.5 Å². The molecule has 0 saturated heterocycles. The third kappa shape index (κ3) is 2.70. The number of nitrogens with one attached hydrogen (secondary N) is 1. The Morgan fingerprint density at radius 3 is 2.74 bits per heavy atom. The van der Waals surface area contributed by atoms with Gasteiger partial charge in [0, 0.05) is 24.4 Å². The molecule has 1 aromatic carbocycles. The highest BCUT2D eigenvalue weighted by atomic mass is 14.8. The summed E-state index contributed by atoms with van der Waals surface area (Å²) < 4.78 is 0. The lowest BCUT2D eigenvalue weighted by Crippen LogP contribution is -2.08. The van der Waals surface area contributed by atoms with Gasteiger partial charge < -0.3 is 5.32 Å². The van der Waals surface area contributed by atoms with E-state index in [0.29, 0.717) is 11.8 Å². The highest BCUT2D eigenvalue weighted by Crippen LogP contribution is 2.54. The van der Waals surface area contributed by atoms with Gasteiger partial charge in [0.2, 0.25) is 0 Å². The summed E-state index contributed by atoms with van der Waals surface area (Å²) in [5, 5.41) is 3.21. The van der Waals surface area contributed by atoms with Crippen LogP contribution >= 0.6 is 0 Å². The zero-order chi connectivity index (χ0) is 15.8. The molecule has 2 nitrogen and oxygen atoms in total. The normalized spacial score (nSPS) is 22.4. The molecule has 1 aliphatic carbocycles. The molecule has 116 valence electrons. The number of nitrogens with zero attached hydrogens (tertiary/aromatic N) is 1. The minimum absolute atomic E-state index is 0.597. The minimum Gasteiger partial charge on any atom is -0.387 e. The summed E-state index contributed by atoms with van der Waals surface area (Å²) >= 11 is 0. The molecule has 2 unspecified atom stereocenters. The predicted molar refractivity (Wildman–Crippen MR) is 95.4 cm³/mol. The van der Waals surface area contributed by atoms with Crippen molar-refractivity contribution in [3.05, 3.63) is 82.8 Å². The largest absolute Gasteiger partial charge is 0.387 e. The van der Waals surface area contributed by atoms with Gasteiger partial charge in [-0.15, -0.1) is 0 Å². The van der Waals surface area contributed by atoms with E-state index in [2.05, 4.69) is 60.6 Å². The van der Waals surface area contributed by atoms with Crippen molar-refractivity contribution >= 4 is 5.57 Å². The molecule has 23 heavy (non-hydrogen) atoms. The molecule has 1 aliphatic heterocycles. The molecule has 0 amide bonds. The highest BCUT2D eigenvalue weighted by molar-refractivity contribution is 5.77. The summed E-state index contributed by atoms with van der Waals surface area (Å²) in [5.74, 6) is 1.23. The van der Waals surface area contributed by atoms with Crippen molar-refractivity contribution in [2.75, 3.05) is 6.54 Å². The molecule has 2 aliphatic rings. The molecule has 0 radical (unpaired) electrons. The highest BCUT2D eigenvalue weighted by Gasteiger charge is 2.41. The first kappa shape index (κ1) is 14.3. The van der Waals surface area contributed by atoms with E-state index < -0.39 is 0 Å². The van der Waals surface area contributed by atoms with Gasteiger partial charge in [-0.2, -0.15) is 0 Å². The van der Waals surface area contributed by atoms with E-state index >= 15 is 0 Å². The topological polar surface area (TPSA) is 24.9 Å². The van der Waals surface area contributed by atoms with Gasteiger partial charge in [0.05, 0.1) is 0 Å². The Bertz CT molecular complexity index is 801. The van der Waals surface area contributed by atoms with Crippen molar-refractivity contribution in [1.82, 2.24) is 10.3 Å². The second-order valence-corrected chi connectivity index (χ2v) is 6.63. The van der Waals surface area contributed by atoms with Crippen molar-refractivity contribution in [1.29, 1.82) is 0 Å². The maximum Gasteiger partial charge on any atom is 0.0469 e. The van der Waals surface area contributed by atoms with E-state index in [9.17, 15) is 0 Å². The van der Waals surface area contributed by atoms with Gasteiger partial charge in [-0.05, 0) is 72.4 Å². The molecule has 2 heterocycles. The van der Waals surface area contributed by atoms with Crippen LogP contribution in [-0.2, 0) is 0 Å². The minimum atomic E-state index is 0.597. The number of dihydropyridines is 1. The van der Waals surface area contributed by atoms with Crippen LogP contribution < -0.4 is 5.32 Å². The van der Waals surface area contributed by atoms with Gasteiger partial charge in [-0.1, -0.05) is 30.3 Å². The Kier molecular flexibility index (Phi) is 3.53. The number of hydrogen-bond donors (Lipinski definition) is 1. The number of pyridine rings is 1. The van der Waals surface area contributed by atoms with Crippen LogP contribution in [0.3, 0.4) is 0 Å². The second-order valence-electron chi connectivity index (χ2n) is 6.63. The number of allylic oxidation sites excluding steroid dienone is 2. The van der Waals surface area contributed by atoms with Crippen LogP contribution in [-0.4, -0.2) is 11.5 Å². The van der Waals surface area contributed by atoms with Crippen molar-refractivity contribution in [2.45, 2.75) is 32.1 Å². The molecule has 1 N–H and O–H groups in total. The first-order valence-electron chi connectivity index (χ1n) is 8.36. The Balaban J connectivity index is 1.58. The number of rotatable bonds is 3. The molecule has 0 bridgehead atoms. The predicted octanol–water partition coefficient (Wildman–Crippen LogP) is 4.47. The summed E-state index contributed by atoms with van der Waals surface area (Å²) in [7, 11) is 0. The van der Waals surface area contributed by atoms with Crippen LogP contribution in [0.5, 0.6) is 0 Å². The van der Waals surface area contributed by atoms with Crippen molar-refractivity contribution in [2.24, 2.45) is 0 Å². The lowest BCUT2D eigenvalue weighted by atomic mass is 9.95. The fourth-order valence-corrected chi connectivity index (χ4v) is 3.65. The summed E-state index contributed by atoms with van der Waals surface area (Å²) in [6, 6.07) is 11.2. The summed E-state index contributed by atoms with van der Waals surface area (Å²) in [6.07, 6.45) is 9.58. The average Bonchev–Trinajstić information content (AvgIpc) is 3.36. The lowest BCUT2D eigenvalue weighted by molar-refractivity contribution is 0.946. The summed E-state index contributed by atoms with van der Waals surface area (Å²) in [4.78, 5) is 4.60. The van der Waals surface area contributed by atoms with Crippen LogP contribution in [0.25, 0.3) is 5.57 Å². The molecule has 1 aromatic heterocycles. The first-order chi connectivity index (χ1) is 11.2. The molecule has 0 spiro atoms. The van der Waals surface area contributed by atoms with Gasteiger partial charge in [0.25, 0.3) is 0 Å². The standard InChI is InChI=1S/C21H22N2/c1-14-4-3-9-23-21(14)20-13-19(20)17-5-6-18(15(2)12-17)16-7-10-22-11-8-16/h3-10,12,19-20,22H,11,13H2,1-2H3. The maximum absolute atomic E-state index is 4.60. The Labute approximate surface area is 138 Å². The van der Waals surface area contributed by atoms with Crippen molar-refractivity contribution in [3.63, 3.8) is 0 Å². The monoisotopic (exact) mass is 302 g/mol. The molecule has 2 atom stereocenters. The van der Waals surface area contributed by atoms with Gasteiger partial charge in [-0.25, -0.2) is 0 Å². The number of hydrogen-bond acceptors (Lipinski definition) is 2. The zero-order valence-electron chi connectivity index (χ0n) is 13.7. The van der Waals surface area contributed by atoms with Crippen LogP contribution in [0, 0.1) is 13.8 Å². The van der Waals surface area contributed by atoms with Gasteiger partial charge in [0.1, 0.15) is 0 Å². The van der Waals surface area contributed by atoms with Crippen LogP contribution in [0.15, 0.2) is 54.9 Å². The van der Waals surface area contributed by atoms with E-state index in [4.69, 9.17) is 0 Å². The third-order valence-electron chi connectivity index (χ3n) is 5.00. The number of aromatic nitrogens is 1. The molecule has 1 saturated carbocycles. The van der Waals surface area contributed by atoms with Crippen molar-refractivity contribution < 1.29 is 0 Å². The molecule has 4 rings (SSSR count). The lowest BCUT2D eigenvalue weighted by Gasteiger charge is -2.13. The average molecular weight is 302 g/mol. The maximum atomic E-state index is 4.60. The quantitative estimate of drug-likeness (QED) is 0.905. The fraction of sp³-hybridized carbons (Fsp3) is 0.286. The van der Waals surface area contributed by atoms with E-state index in [0.717, 1.165) is 6.54 Å². The Morgan fingerprint density at radius 2 is 2.00 bits per heavy atom. The van der Waals surface area contributed by atoms with Crippen molar-refractivity contribution in [3.8, 4) is 0 Å². The fourth-order valence-electron chi connectivity index (χ4n) is 3.65. The van der Waals surface area contributed by atoms with Gasteiger partial charge in [-0.3, -0.25) is 4.98 Å². The Hall–Kier alpha value is -2.35. The molecular formula is C21H22N2. The van der Waals surface area contributed by atoms with E-state index in [-0.39, 0.29) is 0 Å². The van der Waals surface area contributed by atoms with Gasteiger partial charge >= 0.3 is 0 Å². The van der Waals surface area contributed by atoms with Gasteiger partial charge in [0.15, 0.2) is 0 Å². The number of aryl methyl sites for hydroxylation is 2. The molecule has 2 aromatic rings. The molecule has 1 fully saturated rings. The smallest absolute Gasteiger partial charge is 0.0469 e. The zero-order valence-corrected chi connectivity index (χ0v) is 13.7. The number of benzene rings is 1. The van der Waals surface area contributed by atoms with E-state index in [1.54, 1.807) is 0 Å². The first-order valence-corrected chi connectivity index (χ1v) is 8.36. The van der Waals surface area contributed by atoms with Crippen LogP contribution in [0.4, 0.5) is 0 Å². The third-order valence-corrected chi connectivity index (χ3v) is 5.00. The van der Waals surface area contributed by atoms with Crippen LogP contribution in [0.1, 0.15) is 46.2 Å². The summed E-state index contributed by atoms with van der Waals surface area (Å²) in [6.45, 7) is 5.30. The van der Waals surface area contributed by atoms with Crippen LogP contribution in [0.2, 0.25) is 0 Å². The SMILES string of the molecule is Cc1cc(C2CC2c2ncccc2C)ccc1C1=CCNC=C1. The molecule has 2 heteroatoms.